The topological polar surface area (TPSA) is 83.1 Å². The summed E-state index contributed by atoms with van der Waals surface area (Å²) in [5, 5.41) is 5.31. The van der Waals surface area contributed by atoms with Crippen molar-refractivity contribution in [2.75, 3.05) is 26.0 Å². The molecule has 26 heavy (non-hydrogen) atoms. The highest BCUT2D eigenvalue weighted by molar-refractivity contribution is 7.89. The number of benzene rings is 2. The number of sulfonamides is 1. The van der Waals surface area contributed by atoms with Crippen molar-refractivity contribution in [3.63, 3.8) is 0 Å². The van der Waals surface area contributed by atoms with E-state index in [0.717, 1.165) is 9.87 Å². The highest BCUT2D eigenvalue weighted by atomic mass is 35.5. The number of carbonyl (C=O) groups excluding carboxylic acids is 1. The molecule has 0 aliphatic heterocycles. The largest absolute Gasteiger partial charge is 0.333 e. The normalized spacial score (nSPS) is 12.8. The molecule has 2 rings (SSSR count). The number of anilines is 1. The van der Waals surface area contributed by atoms with E-state index in [-0.39, 0.29) is 23.4 Å². The third-order valence-corrected chi connectivity index (χ3v) is 6.01. The molecule has 0 aliphatic carbocycles. The van der Waals surface area contributed by atoms with E-state index < -0.39 is 10.0 Å². The SMILES string of the molecule is C[C@@H]([NH2+]CC(=O)Nc1cccc(S(=O)(=O)N(C)C)c1)c1ccc(Cl)cc1. The molecule has 0 aromatic heterocycles. The van der Waals surface area contributed by atoms with Gasteiger partial charge in [-0.3, -0.25) is 4.79 Å². The van der Waals surface area contributed by atoms with Gasteiger partial charge in [-0.25, -0.2) is 12.7 Å². The highest BCUT2D eigenvalue weighted by Gasteiger charge is 2.18. The van der Waals surface area contributed by atoms with Crippen molar-refractivity contribution in [2.45, 2.75) is 17.9 Å². The van der Waals surface area contributed by atoms with Gasteiger partial charge in [-0.15, -0.1) is 0 Å². The van der Waals surface area contributed by atoms with E-state index >= 15 is 0 Å². The lowest BCUT2D eigenvalue weighted by Gasteiger charge is -2.13. The van der Waals surface area contributed by atoms with Crippen molar-refractivity contribution in [3.05, 3.63) is 59.1 Å². The zero-order valence-electron chi connectivity index (χ0n) is 14.9. The fraction of sp³-hybridized carbons (Fsp3) is 0.278. The maximum absolute atomic E-state index is 12.2. The van der Waals surface area contributed by atoms with Crippen LogP contribution in [0.15, 0.2) is 53.4 Å². The zero-order valence-corrected chi connectivity index (χ0v) is 16.5. The van der Waals surface area contributed by atoms with Crippen molar-refractivity contribution in [1.29, 1.82) is 0 Å². The number of carbonyl (C=O) groups is 1. The Kier molecular flexibility index (Phi) is 6.77. The third-order valence-electron chi connectivity index (χ3n) is 3.95. The van der Waals surface area contributed by atoms with Crippen molar-refractivity contribution in [3.8, 4) is 0 Å². The maximum atomic E-state index is 12.2. The van der Waals surface area contributed by atoms with Gasteiger partial charge < -0.3 is 10.6 Å². The zero-order chi connectivity index (χ0) is 19.3. The Morgan fingerprint density at radius 1 is 1.19 bits per heavy atom. The molecule has 2 aromatic carbocycles. The Balaban J connectivity index is 1.97. The minimum atomic E-state index is -3.54. The molecular weight excluding hydrogens is 374 g/mol. The Hall–Kier alpha value is -1.93. The van der Waals surface area contributed by atoms with Gasteiger partial charge in [-0.2, -0.15) is 0 Å². The van der Waals surface area contributed by atoms with Crippen LogP contribution in [-0.2, 0) is 14.8 Å². The van der Waals surface area contributed by atoms with E-state index in [1.807, 2.05) is 36.5 Å². The molecule has 8 heteroatoms. The predicted octanol–water partition coefficient (Wildman–Crippen LogP) is 1.85. The van der Waals surface area contributed by atoms with Crippen LogP contribution in [0.25, 0.3) is 0 Å². The van der Waals surface area contributed by atoms with Crippen molar-refractivity contribution >= 4 is 33.2 Å². The van der Waals surface area contributed by atoms with E-state index in [4.69, 9.17) is 11.6 Å². The van der Waals surface area contributed by atoms with Gasteiger partial charge in [0.05, 0.1) is 4.90 Å². The van der Waals surface area contributed by atoms with E-state index in [9.17, 15) is 13.2 Å². The summed E-state index contributed by atoms with van der Waals surface area (Å²) in [6.07, 6.45) is 0. The van der Waals surface area contributed by atoms with Gasteiger partial charge in [0.25, 0.3) is 5.91 Å². The number of hydrogen-bond acceptors (Lipinski definition) is 3. The summed E-state index contributed by atoms with van der Waals surface area (Å²) < 4.78 is 25.5. The first-order valence-corrected chi connectivity index (χ1v) is 9.93. The fourth-order valence-corrected chi connectivity index (χ4v) is 3.42. The number of rotatable bonds is 7. The molecule has 0 spiro atoms. The lowest BCUT2D eigenvalue weighted by atomic mass is 10.1. The summed E-state index contributed by atoms with van der Waals surface area (Å²) in [5.41, 5.74) is 1.52. The van der Waals surface area contributed by atoms with Gasteiger partial charge in [-0.05, 0) is 37.3 Å². The average Bonchev–Trinajstić information content (AvgIpc) is 2.60. The van der Waals surface area contributed by atoms with Crippen LogP contribution in [0, 0.1) is 0 Å². The van der Waals surface area contributed by atoms with Gasteiger partial charge in [0.2, 0.25) is 10.0 Å². The second-order valence-electron chi connectivity index (χ2n) is 6.14. The first-order chi connectivity index (χ1) is 12.2. The minimum absolute atomic E-state index is 0.0958. The first kappa shape index (κ1) is 20.4. The predicted molar refractivity (Wildman–Crippen MR) is 103 cm³/mol. The number of amides is 1. The summed E-state index contributed by atoms with van der Waals surface area (Å²) in [5.74, 6) is -0.204. The molecular formula is C18H23ClN3O3S+. The van der Waals surface area contributed by atoms with Crippen LogP contribution >= 0.6 is 11.6 Å². The lowest BCUT2D eigenvalue weighted by Crippen LogP contribution is -2.86. The fourth-order valence-electron chi connectivity index (χ4n) is 2.34. The molecule has 0 saturated carbocycles. The Bertz CT molecular complexity index is 868. The number of nitrogens with two attached hydrogens (primary N) is 1. The average molecular weight is 397 g/mol. The Labute approximate surface area is 159 Å². The quantitative estimate of drug-likeness (QED) is 0.749. The molecule has 0 fully saturated rings. The Morgan fingerprint density at radius 2 is 1.85 bits per heavy atom. The van der Waals surface area contributed by atoms with Gasteiger partial charge in [-0.1, -0.05) is 29.8 Å². The number of nitrogens with zero attached hydrogens (tertiary/aromatic N) is 1. The molecule has 0 unspecified atom stereocenters. The van der Waals surface area contributed by atoms with Crippen LogP contribution in [0.3, 0.4) is 0 Å². The van der Waals surface area contributed by atoms with Gasteiger partial charge in [0.15, 0.2) is 6.54 Å². The summed E-state index contributed by atoms with van der Waals surface area (Å²) in [6.45, 7) is 2.22. The standard InChI is InChI=1S/C18H22ClN3O3S/c1-13(14-7-9-15(19)10-8-14)20-12-18(23)21-16-5-4-6-17(11-16)26(24,25)22(2)3/h4-11,13,20H,12H2,1-3H3,(H,21,23)/p+1/t13-/m1/s1. The number of hydrogen-bond donors (Lipinski definition) is 2. The van der Waals surface area contributed by atoms with Crippen LogP contribution in [0.1, 0.15) is 18.5 Å². The summed E-state index contributed by atoms with van der Waals surface area (Å²) in [7, 11) is -0.605. The monoisotopic (exact) mass is 396 g/mol. The highest BCUT2D eigenvalue weighted by Crippen LogP contribution is 2.18. The van der Waals surface area contributed by atoms with Crippen molar-refractivity contribution in [2.24, 2.45) is 0 Å². The molecule has 2 aromatic rings. The van der Waals surface area contributed by atoms with E-state index in [2.05, 4.69) is 5.32 Å². The van der Waals surface area contributed by atoms with E-state index in [1.54, 1.807) is 12.1 Å². The summed E-state index contributed by atoms with van der Waals surface area (Å²) in [6, 6.07) is 13.8. The maximum Gasteiger partial charge on any atom is 0.279 e. The van der Waals surface area contributed by atoms with E-state index in [0.29, 0.717) is 10.7 Å². The molecule has 1 atom stereocenters. The molecule has 0 aliphatic rings. The van der Waals surface area contributed by atoms with Gasteiger partial charge in [0.1, 0.15) is 6.04 Å². The van der Waals surface area contributed by atoms with Gasteiger partial charge >= 0.3 is 0 Å². The van der Waals surface area contributed by atoms with Gasteiger partial charge in [0, 0.05) is 30.4 Å². The van der Waals surface area contributed by atoms with Crippen molar-refractivity contribution < 1.29 is 18.5 Å². The summed E-state index contributed by atoms with van der Waals surface area (Å²) >= 11 is 5.88. The number of quaternary nitrogens is 1. The Morgan fingerprint density at radius 3 is 2.46 bits per heavy atom. The first-order valence-electron chi connectivity index (χ1n) is 8.11. The smallest absolute Gasteiger partial charge is 0.279 e. The molecule has 0 bridgehead atoms. The van der Waals surface area contributed by atoms with Crippen molar-refractivity contribution in [1.82, 2.24) is 4.31 Å². The third kappa shape index (κ3) is 5.28. The van der Waals surface area contributed by atoms with Crippen LogP contribution in [0.5, 0.6) is 0 Å². The molecule has 140 valence electrons. The minimum Gasteiger partial charge on any atom is -0.333 e. The van der Waals surface area contributed by atoms with Crippen LogP contribution in [0.4, 0.5) is 5.69 Å². The molecule has 6 nitrogen and oxygen atoms in total. The second kappa shape index (κ2) is 8.64. The molecule has 1 amide bonds. The molecule has 0 radical (unpaired) electrons. The van der Waals surface area contributed by atoms with Crippen LogP contribution in [-0.4, -0.2) is 39.3 Å². The second-order valence-corrected chi connectivity index (χ2v) is 8.73. The van der Waals surface area contributed by atoms with Crippen LogP contribution < -0.4 is 10.6 Å². The number of nitrogens with one attached hydrogen (secondary N) is 1. The summed E-state index contributed by atoms with van der Waals surface area (Å²) in [4.78, 5) is 12.3. The van der Waals surface area contributed by atoms with E-state index in [1.165, 1.54) is 26.2 Å². The number of halogens is 1. The molecule has 0 saturated heterocycles. The lowest BCUT2D eigenvalue weighted by molar-refractivity contribution is -0.682. The molecule has 3 N–H and O–H groups in total. The molecule has 0 heterocycles. The van der Waals surface area contributed by atoms with Crippen LogP contribution in [0.2, 0.25) is 5.02 Å².